The van der Waals surface area contributed by atoms with E-state index < -0.39 is 14.6 Å². The van der Waals surface area contributed by atoms with E-state index in [9.17, 15) is 8.42 Å². The van der Waals surface area contributed by atoms with E-state index in [1.54, 1.807) is 25.6 Å². The van der Waals surface area contributed by atoms with Gasteiger partial charge in [0.05, 0.1) is 4.75 Å². The minimum Gasteiger partial charge on any atom is -0.396 e. The molecule has 0 aromatic carbocycles. The molecule has 0 aliphatic rings. The van der Waals surface area contributed by atoms with Crippen LogP contribution in [-0.4, -0.2) is 55.7 Å². The van der Waals surface area contributed by atoms with Gasteiger partial charge >= 0.3 is 0 Å². The van der Waals surface area contributed by atoms with Crippen molar-refractivity contribution in [1.82, 2.24) is 5.32 Å². The van der Waals surface area contributed by atoms with Crippen LogP contribution in [0.25, 0.3) is 0 Å². The topological polar surface area (TPSA) is 66.4 Å². The predicted molar refractivity (Wildman–Crippen MR) is 70.8 cm³/mol. The first-order chi connectivity index (χ1) is 7.31. The minimum atomic E-state index is -3.01. The number of aliphatic hydroxyl groups is 1. The van der Waals surface area contributed by atoms with Crippen LogP contribution in [0.5, 0.6) is 0 Å². The summed E-state index contributed by atoms with van der Waals surface area (Å²) >= 11 is 1.76. The van der Waals surface area contributed by atoms with Gasteiger partial charge in [-0.05, 0) is 26.0 Å². The van der Waals surface area contributed by atoms with Crippen LogP contribution < -0.4 is 5.32 Å². The average Bonchev–Trinajstić information content (AvgIpc) is 2.14. The van der Waals surface area contributed by atoms with Crippen LogP contribution in [0.1, 0.15) is 20.3 Å². The lowest BCUT2D eigenvalue weighted by Crippen LogP contribution is -2.42. The highest BCUT2D eigenvalue weighted by atomic mass is 32.2. The molecule has 0 saturated carbocycles. The van der Waals surface area contributed by atoms with Crippen LogP contribution in [0.15, 0.2) is 0 Å². The zero-order valence-electron chi connectivity index (χ0n) is 10.3. The Labute approximate surface area is 103 Å². The monoisotopic (exact) mass is 269 g/mol. The molecule has 0 radical (unpaired) electrons. The van der Waals surface area contributed by atoms with E-state index in [4.69, 9.17) is 5.11 Å². The van der Waals surface area contributed by atoms with Gasteiger partial charge in [-0.1, -0.05) is 0 Å². The largest absolute Gasteiger partial charge is 0.396 e. The molecule has 0 aliphatic carbocycles. The molecule has 0 bridgehead atoms. The van der Waals surface area contributed by atoms with Crippen LogP contribution >= 0.6 is 11.8 Å². The zero-order chi connectivity index (χ0) is 12.7. The van der Waals surface area contributed by atoms with Gasteiger partial charge in [0.15, 0.2) is 9.84 Å². The molecule has 98 valence electrons. The second-order valence-corrected chi connectivity index (χ2v) is 8.27. The number of hydrogen-bond acceptors (Lipinski definition) is 5. The number of nitrogens with one attached hydrogen (secondary N) is 1. The van der Waals surface area contributed by atoms with Crippen molar-refractivity contribution >= 4 is 21.6 Å². The molecule has 0 spiro atoms. The summed E-state index contributed by atoms with van der Waals surface area (Å²) in [6, 6.07) is 0. The highest BCUT2D eigenvalue weighted by Crippen LogP contribution is 2.13. The third-order valence-electron chi connectivity index (χ3n) is 2.42. The van der Waals surface area contributed by atoms with E-state index in [2.05, 4.69) is 5.32 Å². The fourth-order valence-corrected chi connectivity index (χ4v) is 2.12. The summed E-state index contributed by atoms with van der Waals surface area (Å²) in [6.45, 7) is 4.98. The van der Waals surface area contributed by atoms with Crippen molar-refractivity contribution in [3.63, 3.8) is 0 Å². The Morgan fingerprint density at radius 2 is 1.94 bits per heavy atom. The molecule has 0 atom stereocenters. The van der Waals surface area contributed by atoms with Crippen molar-refractivity contribution in [1.29, 1.82) is 0 Å². The third kappa shape index (κ3) is 6.73. The molecule has 0 aliphatic heterocycles. The summed E-state index contributed by atoms with van der Waals surface area (Å²) in [7, 11) is -3.01. The predicted octanol–water partition coefficient (Wildman–Crippen LogP) is 0.515. The number of hydrogen-bond donors (Lipinski definition) is 2. The Hall–Kier alpha value is 0.220. The zero-order valence-corrected chi connectivity index (χ0v) is 12.0. The lowest BCUT2D eigenvalue weighted by Gasteiger charge is -2.22. The lowest BCUT2D eigenvalue weighted by atomic mass is 10.2. The molecule has 0 fully saturated rings. The van der Waals surface area contributed by atoms with E-state index >= 15 is 0 Å². The smallest absolute Gasteiger partial charge is 0.153 e. The first-order valence-corrected chi connectivity index (χ1v) is 8.45. The molecule has 0 saturated heterocycles. The van der Waals surface area contributed by atoms with Crippen molar-refractivity contribution in [2.45, 2.75) is 25.0 Å². The van der Waals surface area contributed by atoms with Crippen molar-refractivity contribution in [2.75, 3.05) is 37.5 Å². The maximum Gasteiger partial charge on any atom is 0.153 e. The summed E-state index contributed by atoms with van der Waals surface area (Å²) in [5.74, 6) is 1.90. The first kappa shape index (κ1) is 16.2. The van der Waals surface area contributed by atoms with E-state index in [0.717, 1.165) is 24.5 Å². The summed E-state index contributed by atoms with van der Waals surface area (Å²) < 4.78 is 22.1. The van der Waals surface area contributed by atoms with E-state index in [1.165, 1.54) is 6.26 Å². The second-order valence-electron chi connectivity index (χ2n) is 4.40. The van der Waals surface area contributed by atoms with Gasteiger partial charge in [0.1, 0.15) is 0 Å². The Balaban J connectivity index is 3.59. The van der Waals surface area contributed by atoms with Crippen molar-refractivity contribution in [3.8, 4) is 0 Å². The van der Waals surface area contributed by atoms with Crippen molar-refractivity contribution < 1.29 is 13.5 Å². The number of rotatable bonds is 9. The maximum atomic E-state index is 11.4. The van der Waals surface area contributed by atoms with Crippen molar-refractivity contribution in [2.24, 2.45) is 0 Å². The molecular weight excluding hydrogens is 246 g/mol. The van der Waals surface area contributed by atoms with E-state index in [0.29, 0.717) is 6.54 Å². The Morgan fingerprint density at radius 1 is 1.31 bits per heavy atom. The van der Waals surface area contributed by atoms with Gasteiger partial charge in [-0.25, -0.2) is 8.42 Å². The summed E-state index contributed by atoms with van der Waals surface area (Å²) in [4.78, 5) is 0. The highest BCUT2D eigenvalue weighted by Gasteiger charge is 2.29. The quantitative estimate of drug-likeness (QED) is 0.597. The molecular formula is C10H23NO3S2. The molecule has 0 aromatic heterocycles. The Kier molecular flexibility index (Phi) is 7.63. The first-order valence-electron chi connectivity index (χ1n) is 5.40. The molecule has 0 aromatic rings. The van der Waals surface area contributed by atoms with Gasteiger partial charge in [-0.15, -0.1) is 0 Å². The number of sulfone groups is 1. The molecule has 0 heterocycles. The van der Waals surface area contributed by atoms with Gasteiger partial charge in [-0.3, -0.25) is 0 Å². The number of thioether (sulfide) groups is 1. The Bertz CT molecular complexity index is 276. The van der Waals surface area contributed by atoms with Gasteiger partial charge in [0, 0.05) is 31.7 Å². The van der Waals surface area contributed by atoms with E-state index in [-0.39, 0.29) is 6.61 Å². The number of aliphatic hydroxyl groups excluding tert-OH is 1. The van der Waals surface area contributed by atoms with E-state index in [1.807, 2.05) is 0 Å². The standard InChI is InChI=1S/C10H23NO3S2/c1-10(2,16(3,13)14)9-11-5-8-15-7-4-6-12/h11-12H,4-9H2,1-3H3. The average molecular weight is 269 g/mol. The molecule has 0 unspecified atom stereocenters. The summed E-state index contributed by atoms with van der Waals surface area (Å²) in [5.41, 5.74) is 0. The van der Waals surface area contributed by atoms with Crippen molar-refractivity contribution in [3.05, 3.63) is 0 Å². The maximum absolute atomic E-state index is 11.4. The minimum absolute atomic E-state index is 0.238. The second kappa shape index (κ2) is 7.53. The summed E-state index contributed by atoms with van der Waals surface area (Å²) in [5, 5.41) is 11.7. The highest BCUT2D eigenvalue weighted by molar-refractivity contribution is 7.99. The normalized spacial score (nSPS) is 13.0. The molecule has 4 nitrogen and oxygen atoms in total. The van der Waals surface area contributed by atoms with Crippen LogP contribution in [0, 0.1) is 0 Å². The lowest BCUT2D eigenvalue weighted by molar-refractivity contribution is 0.296. The van der Waals surface area contributed by atoms with Crippen LogP contribution in [0.3, 0.4) is 0 Å². The summed E-state index contributed by atoms with van der Waals surface area (Å²) in [6.07, 6.45) is 2.09. The Morgan fingerprint density at radius 3 is 2.44 bits per heavy atom. The van der Waals surface area contributed by atoms with Gasteiger partial charge in [0.2, 0.25) is 0 Å². The molecule has 16 heavy (non-hydrogen) atoms. The molecule has 6 heteroatoms. The third-order valence-corrected chi connectivity index (χ3v) is 5.65. The van der Waals surface area contributed by atoms with Crippen LogP contribution in [-0.2, 0) is 9.84 Å². The van der Waals surface area contributed by atoms with Gasteiger partial charge in [0.25, 0.3) is 0 Å². The fraction of sp³-hybridized carbons (Fsp3) is 1.00. The molecule has 2 N–H and O–H groups in total. The molecule has 0 rings (SSSR count). The SMILES string of the molecule is CC(C)(CNCCSCCCO)S(C)(=O)=O. The van der Waals surface area contributed by atoms with Gasteiger partial charge in [-0.2, -0.15) is 11.8 Å². The van der Waals surface area contributed by atoms with Crippen LogP contribution in [0.4, 0.5) is 0 Å². The molecule has 0 amide bonds. The van der Waals surface area contributed by atoms with Gasteiger partial charge < -0.3 is 10.4 Å². The van der Waals surface area contributed by atoms with Crippen LogP contribution in [0.2, 0.25) is 0 Å². The fourth-order valence-electron chi connectivity index (χ4n) is 0.934.